The van der Waals surface area contributed by atoms with Crippen LogP contribution in [0.3, 0.4) is 0 Å². The van der Waals surface area contributed by atoms with Gasteiger partial charge in [-0.1, -0.05) is 32.0 Å². The Morgan fingerprint density at radius 1 is 1.44 bits per heavy atom. The molecule has 27 heavy (non-hydrogen) atoms. The van der Waals surface area contributed by atoms with Gasteiger partial charge in [-0.25, -0.2) is 4.98 Å². The molecule has 0 saturated heterocycles. The second-order valence-electron chi connectivity index (χ2n) is 7.52. The van der Waals surface area contributed by atoms with E-state index in [9.17, 15) is 9.59 Å². The van der Waals surface area contributed by atoms with Crippen LogP contribution >= 0.6 is 23.1 Å². The highest BCUT2D eigenvalue weighted by Gasteiger charge is 2.24. The van der Waals surface area contributed by atoms with Gasteiger partial charge < -0.3 is 5.32 Å². The van der Waals surface area contributed by atoms with E-state index in [1.54, 1.807) is 15.9 Å². The minimum Gasteiger partial charge on any atom is -0.353 e. The first kappa shape index (κ1) is 20.4. The molecule has 0 radical (unpaired) electrons. The van der Waals surface area contributed by atoms with Crippen molar-refractivity contribution in [3.8, 4) is 0 Å². The van der Waals surface area contributed by atoms with Crippen LogP contribution in [0.15, 0.2) is 9.95 Å². The molecule has 0 spiro atoms. The monoisotopic (exact) mass is 407 g/mol. The minimum absolute atomic E-state index is 0.00255. The topological polar surface area (TPSA) is 64.0 Å². The number of hydrogen-bond acceptors (Lipinski definition) is 5. The molecule has 1 amide bonds. The first-order chi connectivity index (χ1) is 12.9. The van der Waals surface area contributed by atoms with Gasteiger partial charge in [0.1, 0.15) is 4.83 Å². The average molecular weight is 408 g/mol. The fourth-order valence-corrected chi connectivity index (χ4v) is 6.04. The number of aromatic nitrogens is 2. The number of aryl methyl sites for hydroxylation is 1. The Balaban J connectivity index is 1.85. The normalized spacial score (nSPS) is 17.7. The molecule has 1 aliphatic rings. The smallest absolute Gasteiger partial charge is 0.263 e. The number of amides is 1. The predicted octanol–water partition coefficient (Wildman–Crippen LogP) is 4.00. The van der Waals surface area contributed by atoms with E-state index in [1.807, 2.05) is 13.8 Å². The summed E-state index contributed by atoms with van der Waals surface area (Å²) in [5.74, 6) is 0.951. The zero-order chi connectivity index (χ0) is 19.6. The maximum atomic E-state index is 13.1. The third-order valence-electron chi connectivity index (χ3n) is 5.16. The van der Waals surface area contributed by atoms with Gasteiger partial charge in [0.05, 0.1) is 11.1 Å². The molecular formula is C20H29N3O2S2. The van der Waals surface area contributed by atoms with Gasteiger partial charge in [0.15, 0.2) is 5.16 Å². The van der Waals surface area contributed by atoms with Crippen LogP contribution in [0.1, 0.15) is 57.4 Å². The summed E-state index contributed by atoms with van der Waals surface area (Å²) in [6.45, 7) is 8.93. The van der Waals surface area contributed by atoms with E-state index in [0.29, 0.717) is 17.6 Å². The molecule has 2 aromatic rings. The molecule has 3 rings (SSSR count). The van der Waals surface area contributed by atoms with Gasteiger partial charge in [-0.05, 0) is 51.0 Å². The Kier molecular flexibility index (Phi) is 6.63. The number of nitrogens with zero attached hydrogens (tertiary/aromatic N) is 2. The summed E-state index contributed by atoms with van der Waals surface area (Å²) in [4.78, 5) is 32.3. The standard InChI is InChI=1S/C20H29N3O2S2/c1-5-7-13(4)21-16(24)11-26-20-22-18-17(19(25)23(20)6-2)14-9-8-12(3)10-15(14)27-18/h12-13H,5-11H2,1-4H3,(H,21,24). The molecule has 0 bridgehead atoms. The second-order valence-corrected chi connectivity index (χ2v) is 9.55. The molecule has 0 aromatic carbocycles. The number of thioether (sulfide) groups is 1. The number of hydrogen-bond donors (Lipinski definition) is 1. The van der Waals surface area contributed by atoms with Gasteiger partial charge in [-0.3, -0.25) is 14.2 Å². The van der Waals surface area contributed by atoms with Crippen LogP contribution < -0.4 is 10.9 Å². The molecule has 2 atom stereocenters. The Labute approximate surface area is 169 Å². The molecule has 2 aromatic heterocycles. The highest BCUT2D eigenvalue weighted by atomic mass is 32.2. The summed E-state index contributed by atoms with van der Waals surface area (Å²) >= 11 is 3.03. The number of rotatable bonds is 7. The van der Waals surface area contributed by atoms with E-state index in [1.165, 1.54) is 22.2 Å². The van der Waals surface area contributed by atoms with Crippen LogP contribution in [0, 0.1) is 5.92 Å². The molecule has 1 aliphatic carbocycles. The van der Waals surface area contributed by atoms with Gasteiger partial charge in [-0.2, -0.15) is 0 Å². The summed E-state index contributed by atoms with van der Waals surface area (Å²) in [6.07, 6.45) is 5.17. The fraction of sp³-hybridized carbons (Fsp3) is 0.650. The number of carbonyl (C=O) groups excluding carboxylic acids is 1. The molecule has 1 N–H and O–H groups in total. The number of thiophene rings is 1. The zero-order valence-electron chi connectivity index (χ0n) is 16.6. The van der Waals surface area contributed by atoms with Gasteiger partial charge in [0.2, 0.25) is 5.91 Å². The summed E-state index contributed by atoms with van der Waals surface area (Å²) < 4.78 is 1.72. The third-order valence-corrected chi connectivity index (χ3v) is 7.28. The molecule has 5 nitrogen and oxygen atoms in total. The van der Waals surface area contributed by atoms with Crippen LogP contribution in [-0.2, 0) is 24.2 Å². The Bertz CT molecular complexity index is 887. The quantitative estimate of drug-likeness (QED) is 0.557. The summed E-state index contributed by atoms with van der Waals surface area (Å²) in [5, 5.41) is 4.48. The van der Waals surface area contributed by atoms with Crippen LogP contribution in [-0.4, -0.2) is 27.3 Å². The van der Waals surface area contributed by atoms with Crippen molar-refractivity contribution < 1.29 is 4.79 Å². The van der Waals surface area contributed by atoms with Gasteiger partial charge in [-0.15, -0.1) is 11.3 Å². The maximum absolute atomic E-state index is 13.1. The van der Waals surface area contributed by atoms with Crippen molar-refractivity contribution in [2.75, 3.05) is 5.75 Å². The lowest BCUT2D eigenvalue weighted by atomic mass is 9.89. The molecule has 148 valence electrons. The van der Waals surface area contributed by atoms with Crippen molar-refractivity contribution in [2.45, 2.75) is 77.5 Å². The van der Waals surface area contributed by atoms with E-state index in [-0.39, 0.29) is 23.3 Å². The van der Waals surface area contributed by atoms with E-state index in [2.05, 4.69) is 19.2 Å². The first-order valence-electron chi connectivity index (χ1n) is 9.91. The van der Waals surface area contributed by atoms with E-state index < -0.39 is 0 Å². The summed E-state index contributed by atoms with van der Waals surface area (Å²) in [5.41, 5.74) is 1.27. The van der Waals surface area contributed by atoms with E-state index >= 15 is 0 Å². The number of nitrogens with one attached hydrogen (secondary N) is 1. The Morgan fingerprint density at radius 2 is 2.22 bits per heavy atom. The molecule has 7 heteroatoms. The highest BCUT2D eigenvalue weighted by Crippen LogP contribution is 2.36. The molecule has 2 heterocycles. The molecular weight excluding hydrogens is 378 g/mol. The largest absolute Gasteiger partial charge is 0.353 e. The van der Waals surface area contributed by atoms with Crippen molar-refractivity contribution in [3.05, 3.63) is 20.8 Å². The Morgan fingerprint density at radius 3 is 2.93 bits per heavy atom. The van der Waals surface area contributed by atoms with Crippen molar-refractivity contribution in [1.29, 1.82) is 0 Å². The number of carbonyl (C=O) groups is 1. The molecule has 0 saturated carbocycles. The fourth-order valence-electron chi connectivity index (χ4n) is 3.75. The van der Waals surface area contributed by atoms with E-state index in [0.717, 1.165) is 42.3 Å². The Hall–Kier alpha value is -1.34. The van der Waals surface area contributed by atoms with Crippen LogP contribution in [0.5, 0.6) is 0 Å². The molecule has 2 unspecified atom stereocenters. The first-order valence-corrected chi connectivity index (χ1v) is 11.7. The summed E-state index contributed by atoms with van der Waals surface area (Å²) in [6, 6.07) is 0.179. The van der Waals surface area contributed by atoms with Crippen LogP contribution in [0.4, 0.5) is 0 Å². The van der Waals surface area contributed by atoms with Gasteiger partial charge >= 0.3 is 0 Å². The second kappa shape index (κ2) is 8.78. The average Bonchev–Trinajstić information content (AvgIpc) is 2.97. The van der Waals surface area contributed by atoms with Crippen molar-refractivity contribution in [3.63, 3.8) is 0 Å². The lowest BCUT2D eigenvalue weighted by Gasteiger charge is -2.17. The highest BCUT2D eigenvalue weighted by molar-refractivity contribution is 7.99. The van der Waals surface area contributed by atoms with E-state index in [4.69, 9.17) is 4.98 Å². The lowest BCUT2D eigenvalue weighted by molar-refractivity contribution is -0.119. The maximum Gasteiger partial charge on any atom is 0.263 e. The lowest BCUT2D eigenvalue weighted by Crippen LogP contribution is -2.34. The van der Waals surface area contributed by atoms with Crippen molar-refractivity contribution >= 4 is 39.2 Å². The third kappa shape index (κ3) is 4.40. The SMILES string of the molecule is CCCC(C)NC(=O)CSc1nc2sc3c(c2c(=O)n1CC)CCC(C)C3. The predicted molar refractivity (Wildman–Crippen MR) is 114 cm³/mol. The number of fused-ring (bicyclic) bond motifs is 3. The molecule has 0 aliphatic heterocycles. The van der Waals surface area contributed by atoms with Crippen molar-refractivity contribution in [1.82, 2.24) is 14.9 Å². The zero-order valence-corrected chi connectivity index (χ0v) is 18.3. The minimum atomic E-state index is -0.00255. The van der Waals surface area contributed by atoms with Crippen LogP contribution in [0.2, 0.25) is 0 Å². The molecule has 0 fully saturated rings. The van der Waals surface area contributed by atoms with Gasteiger partial charge in [0.25, 0.3) is 5.56 Å². The van der Waals surface area contributed by atoms with Gasteiger partial charge in [0, 0.05) is 17.5 Å². The van der Waals surface area contributed by atoms with Crippen molar-refractivity contribution in [2.24, 2.45) is 5.92 Å². The summed E-state index contributed by atoms with van der Waals surface area (Å²) in [7, 11) is 0. The van der Waals surface area contributed by atoms with Crippen LogP contribution in [0.25, 0.3) is 10.2 Å².